The second-order valence-corrected chi connectivity index (χ2v) is 4.55. The summed E-state index contributed by atoms with van der Waals surface area (Å²) in [6.07, 6.45) is 9.64. The third kappa shape index (κ3) is 2.37. The van der Waals surface area contributed by atoms with Crippen molar-refractivity contribution in [3.63, 3.8) is 0 Å². The van der Waals surface area contributed by atoms with Gasteiger partial charge in [-0.05, 0) is 38.6 Å². The number of aliphatic hydroxyl groups excluding tert-OH is 1. The summed E-state index contributed by atoms with van der Waals surface area (Å²) < 4.78 is 0. The number of nitrogens with one attached hydrogen (secondary N) is 1. The van der Waals surface area contributed by atoms with Crippen LogP contribution in [0, 0.1) is 5.92 Å². The first-order chi connectivity index (χ1) is 6.88. The highest BCUT2D eigenvalue weighted by atomic mass is 16.3. The standard InChI is InChI=1S/C12H21NO/c14-12-7-8-13-9-11(12)10-5-3-1-2-4-6-10/h5,11-14H,1-4,6-9H2/t11-,12+/m0/s1. The fourth-order valence-electron chi connectivity index (χ4n) is 2.60. The van der Waals surface area contributed by atoms with Crippen molar-refractivity contribution >= 4 is 0 Å². The van der Waals surface area contributed by atoms with E-state index in [4.69, 9.17) is 0 Å². The van der Waals surface area contributed by atoms with Gasteiger partial charge in [-0.1, -0.05) is 18.1 Å². The molecule has 0 spiro atoms. The fraction of sp³-hybridized carbons (Fsp3) is 0.833. The predicted molar refractivity (Wildman–Crippen MR) is 58.2 cm³/mol. The molecule has 1 aliphatic carbocycles. The normalized spacial score (nSPS) is 34.8. The molecule has 1 aliphatic heterocycles. The summed E-state index contributed by atoms with van der Waals surface area (Å²) in [4.78, 5) is 0. The average Bonchev–Trinajstić information content (AvgIpc) is 2.47. The number of rotatable bonds is 1. The van der Waals surface area contributed by atoms with E-state index in [9.17, 15) is 5.11 Å². The summed E-state index contributed by atoms with van der Waals surface area (Å²) in [5.74, 6) is 0.404. The molecule has 2 aliphatic rings. The molecule has 2 rings (SSSR count). The Morgan fingerprint density at radius 1 is 1.29 bits per heavy atom. The van der Waals surface area contributed by atoms with Crippen LogP contribution in [-0.4, -0.2) is 24.3 Å². The third-order valence-corrected chi connectivity index (χ3v) is 3.50. The Hall–Kier alpha value is -0.340. The van der Waals surface area contributed by atoms with Crippen LogP contribution in [0.4, 0.5) is 0 Å². The summed E-state index contributed by atoms with van der Waals surface area (Å²) >= 11 is 0. The number of allylic oxidation sites excluding steroid dienone is 1. The number of hydrogen-bond donors (Lipinski definition) is 2. The smallest absolute Gasteiger partial charge is 0.0629 e. The highest BCUT2D eigenvalue weighted by Gasteiger charge is 2.25. The Kier molecular flexibility index (Phi) is 3.60. The zero-order valence-corrected chi connectivity index (χ0v) is 8.84. The minimum atomic E-state index is -0.0967. The Bertz CT molecular complexity index is 212. The van der Waals surface area contributed by atoms with Crippen molar-refractivity contribution in [3.05, 3.63) is 11.6 Å². The SMILES string of the molecule is O[C@@H]1CCNC[C@H]1C1=CCCCCC1. The summed E-state index contributed by atoms with van der Waals surface area (Å²) in [6, 6.07) is 0. The van der Waals surface area contributed by atoms with Gasteiger partial charge in [0.25, 0.3) is 0 Å². The van der Waals surface area contributed by atoms with Gasteiger partial charge in [0.2, 0.25) is 0 Å². The van der Waals surface area contributed by atoms with E-state index in [0.29, 0.717) is 5.92 Å². The number of hydrogen-bond acceptors (Lipinski definition) is 2. The van der Waals surface area contributed by atoms with Crippen LogP contribution in [0.1, 0.15) is 38.5 Å². The van der Waals surface area contributed by atoms with Gasteiger partial charge in [0.1, 0.15) is 0 Å². The maximum atomic E-state index is 9.93. The van der Waals surface area contributed by atoms with E-state index in [0.717, 1.165) is 19.5 Å². The van der Waals surface area contributed by atoms with Crippen LogP contribution in [0.25, 0.3) is 0 Å². The van der Waals surface area contributed by atoms with E-state index in [2.05, 4.69) is 11.4 Å². The average molecular weight is 195 g/mol. The molecule has 0 bridgehead atoms. The zero-order chi connectivity index (χ0) is 9.80. The van der Waals surface area contributed by atoms with Gasteiger partial charge >= 0.3 is 0 Å². The molecule has 2 heteroatoms. The highest BCUT2D eigenvalue weighted by molar-refractivity contribution is 5.11. The van der Waals surface area contributed by atoms with Crippen molar-refractivity contribution in [1.29, 1.82) is 0 Å². The topological polar surface area (TPSA) is 32.3 Å². The van der Waals surface area contributed by atoms with Crippen LogP contribution in [0.2, 0.25) is 0 Å². The van der Waals surface area contributed by atoms with Crippen molar-refractivity contribution in [1.82, 2.24) is 5.32 Å². The molecule has 0 radical (unpaired) electrons. The second-order valence-electron chi connectivity index (χ2n) is 4.55. The molecule has 14 heavy (non-hydrogen) atoms. The van der Waals surface area contributed by atoms with E-state index in [1.165, 1.54) is 37.7 Å². The van der Waals surface area contributed by atoms with Gasteiger partial charge in [-0.15, -0.1) is 0 Å². The van der Waals surface area contributed by atoms with E-state index in [1.54, 1.807) is 0 Å². The molecule has 0 unspecified atom stereocenters. The monoisotopic (exact) mass is 195 g/mol. The van der Waals surface area contributed by atoms with Gasteiger partial charge in [0.15, 0.2) is 0 Å². The minimum absolute atomic E-state index is 0.0967. The molecule has 1 fully saturated rings. The van der Waals surface area contributed by atoms with Gasteiger partial charge in [-0.25, -0.2) is 0 Å². The van der Waals surface area contributed by atoms with E-state index in [1.807, 2.05) is 0 Å². The molecule has 1 saturated heterocycles. The largest absolute Gasteiger partial charge is 0.392 e. The molecule has 1 heterocycles. The van der Waals surface area contributed by atoms with E-state index < -0.39 is 0 Å². The van der Waals surface area contributed by atoms with E-state index >= 15 is 0 Å². The third-order valence-electron chi connectivity index (χ3n) is 3.50. The first kappa shape index (κ1) is 10.2. The Labute approximate surface area is 86.4 Å². The van der Waals surface area contributed by atoms with Gasteiger partial charge in [0.05, 0.1) is 6.10 Å². The van der Waals surface area contributed by atoms with Crippen LogP contribution < -0.4 is 5.32 Å². The molecule has 0 aromatic carbocycles. The molecular weight excluding hydrogens is 174 g/mol. The fourth-order valence-corrected chi connectivity index (χ4v) is 2.60. The van der Waals surface area contributed by atoms with Crippen LogP contribution in [0.5, 0.6) is 0 Å². The summed E-state index contributed by atoms with van der Waals surface area (Å²) in [5.41, 5.74) is 1.52. The first-order valence-corrected chi connectivity index (χ1v) is 5.95. The number of piperidine rings is 1. The molecule has 0 aromatic rings. The molecule has 2 N–H and O–H groups in total. The van der Waals surface area contributed by atoms with Crippen LogP contribution in [-0.2, 0) is 0 Å². The lowest BCUT2D eigenvalue weighted by atomic mass is 9.86. The maximum absolute atomic E-state index is 9.93. The second kappa shape index (κ2) is 4.94. The maximum Gasteiger partial charge on any atom is 0.0629 e. The van der Waals surface area contributed by atoms with Gasteiger partial charge in [-0.3, -0.25) is 0 Å². The van der Waals surface area contributed by atoms with Crippen molar-refractivity contribution in [2.45, 2.75) is 44.6 Å². The molecule has 2 atom stereocenters. The quantitative estimate of drug-likeness (QED) is 0.626. The van der Waals surface area contributed by atoms with Crippen molar-refractivity contribution in [3.8, 4) is 0 Å². The predicted octanol–water partition coefficient (Wildman–Crippen LogP) is 1.85. The highest BCUT2D eigenvalue weighted by Crippen LogP contribution is 2.27. The van der Waals surface area contributed by atoms with Crippen LogP contribution in [0.3, 0.4) is 0 Å². The van der Waals surface area contributed by atoms with Gasteiger partial charge in [0, 0.05) is 12.5 Å². The molecular formula is C12H21NO. The van der Waals surface area contributed by atoms with Crippen molar-refractivity contribution < 1.29 is 5.11 Å². The molecule has 0 amide bonds. The van der Waals surface area contributed by atoms with Crippen molar-refractivity contribution in [2.24, 2.45) is 5.92 Å². The lowest BCUT2D eigenvalue weighted by Crippen LogP contribution is -2.40. The van der Waals surface area contributed by atoms with Crippen LogP contribution in [0.15, 0.2) is 11.6 Å². The summed E-state index contributed by atoms with van der Waals surface area (Å²) in [7, 11) is 0. The summed E-state index contributed by atoms with van der Waals surface area (Å²) in [6.45, 7) is 1.96. The molecule has 2 nitrogen and oxygen atoms in total. The minimum Gasteiger partial charge on any atom is -0.392 e. The first-order valence-electron chi connectivity index (χ1n) is 5.95. The molecule has 0 saturated carbocycles. The van der Waals surface area contributed by atoms with Gasteiger partial charge in [-0.2, -0.15) is 0 Å². The molecule has 0 aromatic heterocycles. The van der Waals surface area contributed by atoms with Crippen LogP contribution >= 0.6 is 0 Å². The zero-order valence-electron chi connectivity index (χ0n) is 8.84. The van der Waals surface area contributed by atoms with E-state index in [-0.39, 0.29) is 6.10 Å². The number of aliphatic hydroxyl groups is 1. The van der Waals surface area contributed by atoms with Crippen molar-refractivity contribution in [2.75, 3.05) is 13.1 Å². The Morgan fingerprint density at radius 2 is 2.21 bits per heavy atom. The molecule has 80 valence electrons. The Balaban J connectivity index is 2.00. The lowest BCUT2D eigenvalue weighted by Gasteiger charge is -2.30. The summed E-state index contributed by atoms with van der Waals surface area (Å²) in [5, 5.41) is 13.3. The lowest BCUT2D eigenvalue weighted by molar-refractivity contribution is 0.0943. The Morgan fingerprint density at radius 3 is 3.07 bits per heavy atom. The van der Waals surface area contributed by atoms with Gasteiger partial charge < -0.3 is 10.4 Å².